The number of aliphatic hydroxyl groups is 3. The number of benzene rings is 2. The Hall–Kier alpha value is -4.13. The highest BCUT2D eigenvalue weighted by Gasteiger charge is 2.49. The Bertz CT molecular complexity index is 1840. The van der Waals surface area contributed by atoms with Crippen molar-refractivity contribution in [1.29, 1.82) is 5.26 Å². The van der Waals surface area contributed by atoms with Crippen LogP contribution in [0.15, 0.2) is 48.9 Å². The summed E-state index contributed by atoms with van der Waals surface area (Å²) in [5.74, 6) is -0.235. The summed E-state index contributed by atoms with van der Waals surface area (Å²) in [6, 6.07) is 11.3. The van der Waals surface area contributed by atoms with Crippen molar-refractivity contribution in [3.63, 3.8) is 0 Å². The second-order valence-corrected chi connectivity index (χ2v) is 11.9. The Morgan fingerprint density at radius 3 is 2.76 bits per heavy atom. The quantitative estimate of drug-likeness (QED) is 0.268. The summed E-state index contributed by atoms with van der Waals surface area (Å²) in [4.78, 5) is 8.84. The lowest BCUT2D eigenvalue weighted by atomic mass is 9.92. The van der Waals surface area contributed by atoms with Crippen LogP contribution >= 0.6 is 11.3 Å². The van der Waals surface area contributed by atoms with Gasteiger partial charge in [0.05, 0.1) is 45.2 Å². The number of aliphatic hydroxyl groups excluding tert-OH is 3. The number of aromatic nitrogens is 7. The van der Waals surface area contributed by atoms with Crippen molar-refractivity contribution in [2.24, 2.45) is 0 Å². The molecule has 0 spiro atoms. The van der Waals surface area contributed by atoms with Crippen LogP contribution in [0.3, 0.4) is 0 Å². The van der Waals surface area contributed by atoms with Gasteiger partial charge in [-0.25, -0.2) is 23.7 Å². The summed E-state index contributed by atoms with van der Waals surface area (Å²) in [5, 5.41) is 55.7. The normalized spacial score (nSPS) is 25.0. The van der Waals surface area contributed by atoms with Gasteiger partial charge in [-0.1, -0.05) is 17.3 Å². The average Bonchev–Trinajstić information content (AvgIpc) is 3.30. The molecule has 2 aromatic carbocycles. The molecule has 1 aliphatic heterocycles. The molecule has 42 heavy (non-hydrogen) atoms. The van der Waals surface area contributed by atoms with E-state index in [-0.39, 0.29) is 5.82 Å². The third-order valence-corrected chi connectivity index (χ3v) is 8.94. The summed E-state index contributed by atoms with van der Waals surface area (Å²) in [5.41, 5.74) is 1.86. The first-order chi connectivity index (χ1) is 20.3. The first-order valence-corrected chi connectivity index (χ1v) is 14.2. The maximum Gasteiger partial charge on any atom is 0.163 e. The van der Waals surface area contributed by atoms with Crippen molar-refractivity contribution < 1.29 is 24.4 Å². The van der Waals surface area contributed by atoms with Gasteiger partial charge in [-0.05, 0) is 44.0 Å². The number of nitriles is 1. The Balaban J connectivity index is 1.21. The number of nitrogens with zero attached hydrogens (tertiary/aromatic N) is 8. The number of hydrogen-bond donors (Lipinski definition) is 3. The van der Waals surface area contributed by atoms with E-state index in [1.807, 2.05) is 25.1 Å². The molecule has 3 aromatic heterocycles. The number of aryl methyl sites for hydroxylation is 1. The molecule has 1 saturated carbocycles. The highest BCUT2D eigenvalue weighted by molar-refractivity contribution is 7.18. The van der Waals surface area contributed by atoms with Gasteiger partial charge in [0.25, 0.3) is 0 Å². The van der Waals surface area contributed by atoms with Crippen LogP contribution in [0.2, 0.25) is 0 Å². The second kappa shape index (κ2) is 10.0. The molecule has 0 unspecified atom stereocenters. The van der Waals surface area contributed by atoms with Crippen LogP contribution < -0.4 is 0 Å². The lowest BCUT2D eigenvalue weighted by molar-refractivity contribution is -0.210. The monoisotopic (exact) mass is 588 g/mol. The number of thiazole rings is 1. The maximum atomic E-state index is 15.0. The minimum absolute atomic E-state index is 0.267. The summed E-state index contributed by atoms with van der Waals surface area (Å²) < 4.78 is 24.7. The number of rotatable bonds is 6. The van der Waals surface area contributed by atoms with E-state index in [0.717, 1.165) is 15.2 Å². The second-order valence-electron chi connectivity index (χ2n) is 10.6. The molecule has 3 N–H and O–H groups in total. The molecule has 4 heterocycles. The fraction of sp³-hybridized carbons (Fsp3) is 0.357. The van der Waals surface area contributed by atoms with E-state index in [0.29, 0.717) is 35.3 Å². The number of hydrogen-bond acceptors (Lipinski definition) is 11. The first kappa shape index (κ1) is 26.7. The molecule has 2 aliphatic rings. The third-order valence-electron chi connectivity index (χ3n) is 8.00. The van der Waals surface area contributed by atoms with Gasteiger partial charge in [-0.15, -0.1) is 16.4 Å². The third kappa shape index (κ3) is 4.29. The summed E-state index contributed by atoms with van der Waals surface area (Å²) in [6.07, 6.45) is -0.832. The highest BCUT2D eigenvalue weighted by atomic mass is 32.1. The Labute approximate surface area is 242 Å². The molecular formula is C28H25FN8O4S. The lowest BCUT2D eigenvalue weighted by Crippen LogP contribution is -2.53. The molecule has 14 heteroatoms. The van der Waals surface area contributed by atoms with E-state index in [1.54, 1.807) is 12.1 Å². The van der Waals surface area contributed by atoms with Crippen molar-refractivity contribution in [1.82, 2.24) is 34.7 Å². The molecule has 1 aliphatic carbocycles. The molecule has 7 rings (SSSR count). The largest absolute Gasteiger partial charge is 0.394 e. The average molecular weight is 589 g/mol. The molecular weight excluding hydrogens is 563 g/mol. The molecule has 0 bridgehead atoms. The fourth-order valence-electron chi connectivity index (χ4n) is 5.62. The predicted octanol–water partition coefficient (Wildman–Crippen LogP) is 2.53. The fourth-order valence-corrected chi connectivity index (χ4v) is 6.48. The SMILES string of the molecule is Cc1nc2ccc(-n3ncnc3[C@@H]3O[C@H](CO)[C@H](O)[C@H](n4cc(-c5ccc(C6(C#N)CC6)c(F)c5)nn4)[C@H]3O)cc2s1. The maximum absolute atomic E-state index is 15.0. The van der Waals surface area contributed by atoms with Crippen molar-refractivity contribution in [3.05, 3.63) is 71.1 Å². The Morgan fingerprint density at radius 1 is 1.19 bits per heavy atom. The van der Waals surface area contributed by atoms with Gasteiger partial charge in [-0.3, -0.25) is 0 Å². The molecule has 1 saturated heterocycles. The van der Waals surface area contributed by atoms with Gasteiger partial charge < -0.3 is 20.1 Å². The van der Waals surface area contributed by atoms with Crippen LogP contribution in [0.5, 0.6) is 0 Å². The standard InChI is InChI=1S/C28H25FN8O4S/c1-14-33-19-5-3-16(9-22(19)42-14)37-27(31-13-32-37)26-25(40)23(24(39)21(11-38)41-26)36-10-20(34-35-36)15-2-4-17(18(29)8-15)28(12-30)6-7-28/h2-5,8-10,13,21,23-26,38-40H,6-7,11H2,1H3/t21-,23+,24+,25-,26-/m1/s1. The zero-order valence-corrected chi connectivity index (χ0v) is 23.1. The van der Waals surface area contributed by atoms with Crippen LogP contribution in [0.4, 0.5) is 4.39 Å². The molecule has 12 nitrogen and oxygen atoms in total. The van der Waals surface area contributed by atoms with Gasteiger partial charge >= 0.3 is 0 Å². The zero-order valence-electron chi connectivity index (χ0n) is 22.2. The molecule has 2 fully saturated rings. The molecule has 0 radical (unpaired) electrons. The topological polar surface area (TPSA) is 168 Å². The van der Waals surface area contributed by atoms with Crippen molar-refractivity contribution >= 4 is 21.6 Å². The van der Waals surface area contributed by atoms with Gasteiger partial charge in [0, 0.05) is 11.1 Å². The predicted molar refractivity (Wildman–Crippen MR) is 147 cm³/mol. The van der Waals surface area contributed by atoms with Crippen LogP contribution in [-0.2, 0) is 10.2 Å². The lowest BCUT2D eigenvalue weighted by Gasteiger charge is -2.41. The smallest absolute Gasteiger partial charge is 0.163 e. The zero-order chi connectivity index (χ0) is 29.2. The highest BCUT2D eigenvalue weighted by Crippen LogP contribution is 2.49. The molecule has 5 aromatic rings. The van der Waals surface area contributed by atoms with Gasteiger partial charge in [0.15, 0.2) is 5.82 Å². The molecule has 214 valence electrons. The van der Waals surface area contributed by atoms with E-state index in [4.69, 9.17) is 4.74 Å². The van der Waals surface area contributed by atoms with Gasteiger partial charge in [0.1, 0.15) is 48.3 Å². The minimum Gasteiger partial charge on any atom is -0.394 e. The first-order valence-electron chi connectivity index (χ1n) is 13.4. The summed E-state index contributed by atoms with van der Waals surface area (Å²) in [6.45, 7) is 1.40. The van der Waals surface area contributed by atoms with Crippen molar-refractivity contribution in [3.8, 4) is 23.0 Å². The minimum atomic E-state index is -1.38. The van der Waals surface area contributed by atoms with Crippen LogP contribution in [-0.4, -0.2) is 75.0 Å². The summed E-state index contributed by atoms with van der Waals surface area (Å²) in [7, 11) is 0. The van der Waals surface area contributed by atoms with E-state index >= 15 is 0 Å². The van der Waals surface area contributed by atoms with Gasteiger partial charge in [0.2, 0.25) is 0 Å². The van der Waals surface area contributed by atoms with E-state index < -0.39 is 48.3 Å². The van der Waals surface area contributed by atoms with Crippen LogP contribution in [0.1, 0.15) is 41.4 Å². The summed E-state index contributed by atoms with van der Waals surface area (Å²) >= 11 is 1.54. The van der Waals surface area contributed by atoms with E-state index in [9.17, 15) is 25.0 Å². The van der Waals surface area contributed by atoms with Crippen LogP contribution in [0.25, 0.3) is 27.2 Å². The Morgan fingerprint density at radius 2 is 2.02 bits per heavy atom. The molecule has 5 atom stereocenters. The Kier molecular flexibility index (Phi) is 6.37. The van der Waals surface area contributed by atoms with Crippen molar-refractivity contribution in [2.45, 2.75) is 55.6 Å². The number of fused-ring (bicyclic) bond motifs is 1. The van der Waals surface area contributed by atoms with Crippen LogP contribution in [0, 0.1) is 24.1 Å². The number of halogens is 1. The van der Waals surface area contributed by atoms with Crippen molar-refractivity contribution in [2.75, 3.05) is 6.61 Å². The van der Waals surface area contributed by atoms with E-state index in [1.165, 1.54) is 39.3 Å². The number of ether oxygens (including phenoxy) is 1. The molecule has 0 amide bonds. The van der Waals surface area contributed by atoms with Gasteiger partial charge in [-0.2, -0.15) is 10.4 Å². The van der Waals surface area contributed by atoms with E-state index in [2.05, 4.69) is 31.4 Å².